The molecular weight excluding hydrogens is 162 g/mol. The van der Waals surface area contributed by atoms with Gasteiger partial charge in [-0.25, -0.2) is 0 Å². The van der Waals surface area contributed by atoms with Crippen LogP contribution in [-0.2, 0) is 0 Å². The molecule has 0 spiro atoms. The summed E-state index contributed by atoms with van der Waals surface area (Å²) in [7, 11) is 0. The highest BCUT2D eigenvalue weighted by Gasteiger charge is 2.32. The van der Waals surface area contributed by atoms with Crippen LogP contribution < -0.4 is 16.8 Å². The van der Waals surface area contributed by atoms with Crippen LogP contribution in [0.25, 0.3) is 0 Å². The lowest BCUT2D eigenvalue weighted by Crippen LogP contribution is -2.61. The van der Waals surface area contributed by atoms with Crippen molar-refractivity contribution >= 4 is 0 Å². The molecule has 0 saturated heterocycles. The van der Waals surface area contributed by atoms with E-state index in [1.807, 2.05) is 0 Å². The summed E-state index contributed by atoms with van der Waals surface area (Å²) in [6, 6.07) is 0. The molecule has 0 aromatic carbocycles. The maximum Gasteiger partial charge on any atom is 0.0839 e. The van der Waals surface area contributed by atoms with Crippen LogP contribution in [0.2, 0.25) is 0 Å². The van der Waals surface area contributed by atoms with E-state index < -0.39 is 11.3 Å². The Morgan fingerprint density at radius 2 is 1.00 bits per heavy atom. The highest BCUT2D eigenvalue weighted by atomic mass is 15.2. The Morgan fingerprint density at radius 1 is 0.769 bits per heavy atom. The van der Waals surface area contributed by atoms with Crippen LogP contribution in [0.15, 0.2) is 0 Å². The first-order valence-electron chi connectivity index (χ1n) is 5.27. The van der Waals surface area contributed by atoms with Crippen molar-refractivity contribution in [3.05, 3.63) is 0 Å². The Morgan fingerprint density at radius 3 is 1.15 bits per heavy atom. The summed E-state index contributed by atoms with van der Waals surface area (Å²) in [5.41, 5.74) is 11.3. The Labute approximate surface area is 82.3 Å². The first-order chi connectivity index (χ1) is 5.95. The van der Waals surface area contributed by atoms with Crippen LogP contribution in [0.3, 0.4) is 0 Å². The van der Waals surface area contributed by atoms with Gasteiger partial charge in [0.25, 0.3) is 0 Å². The Hall–Kier alpha value is -0.120. The molecule has 79 valence electrons. The van der Waals surface area contributed by atoms with Crippen molar-refractivity contribution in [1.29, 1.82) is 0 Å². The molecule has 3 heteroatoms. The Bertz CT molecular complexity index is 121. The van der Waals surface area contributed by atoms with Crippen LogP contribution in [0.1, 0.15) is 53.4 Å². The molecular formula is C10H24N3. The van der Waals surface area contributed by atoms with Crippen LogP contribution in [0.5, 0.6) is 0 Å². The van der Waals surface area contributed by atoms with Crippen LogP contribution in [0, 0.1) is 0 Å². The smallest absolute Gasteiger partial charge is 0.0839 e. The van der Waals surface area contributed by atoms with Gasteiger partial charge in [-0.15, -0.1) is 0 Å². The van der Waals surface area contributed by atoms with Crippen LogP contribution in [0.4, 0.5) is 0 Å². The lowest BCUT2D eigenvalue weighted by Gasteiger charge is -2.37. The van der Waals surface area contributed by atoms with Crippen molar-refractivity contribution in [3.63, 3.8) is 0 Å². The molecule has 3 nitrogen and oxygen atoms in total. The molecule has 0 unspecified atom stereocenters. The first-order valence-corrected chi connectivity index (χ1v) is 5.27. The monoisotopic (exact) mass is 186 g/mol. The van der Waals surface area contributed by atoms with Crippen molar-refractivity contribution in [3.8, 4) is 0 Å². The van der Waals surface area contributed by atoms with E-state index >= 15 is 0 Å². The standard InChI is InChI=1S/C10H24N3/c1-5-9(11,6-2)13-10(12,7-3)8-4/h5-8,11-12H2,1-4H3. The maximum atomic E-state index is 6.09. The van der Waals surface area contributed by atoms with Gasteiger partial charge in [0.05, 0.1) is 11.3 Å². The highest BCUT2D eigenvalue weighted by molar-refractivity contribution is 4.88. The molecule has 4 N–H and O–H groups in total. The Kier molecular flexibility index (Phi) is 4.89. The molecule has 0 bridgehead atoms. The second kappa shape index (κ2) is 4.94. The van der Waals surface area contributed by atoms with Crippen molar-refractivity contribution in [2.45, 2.75) is 64.7 Å². The fourth-order valence-electron chi connectivity index (χ4n) is 1.26. The molecule has 0 aromatic heterocycles. The molecule has 0 heterocycles. The minimum Gasteiger partial charge on any atom is -0.312 e. The SMILES string of the molecule is CCC(N)(CC)[N]C(N)(CC)CC. The van der Waals surface area contributed by atoms with Crippen LogP contribution in [-0.4, -0.2) is 11.3 Å². The van der Waals surface area contributed by atoms with E-state index in [0.29, 0.717) is 0 Å². The molecule has 0 rings (SSSR count). The molecule has 0 aromatic rings. The zero-order valence-corrected chi connectivity index (χ0v) is 9.43. The van der Waals surface area contributed by atoms with Gasteiger partial charge in [0.2, 0.25) is 0 Å². The molecule has 0 amide bonds. The van der Waals surface area contributed by atoms with Gasteiger partial charge in [-0.2, -0.15) is 5.32 Å². The number of nitrogens with zero attached hydrogens (tertiary/aromatic N) is 1. The van der Waals surface area contributed by atoms with Crippen molar-refractivity contribution < 1.29 is 0 Å². The van der Waals surface area contributed by atoms with Crippen molar-refractivity contribution in [1.82, 2.24) is 5.32 Å². The van der Waals surface area contributed by atoms with Gasteiger partial charge in [-0.05, 0) is 25.7 Å². The zero-order chi connectivity index (χ0) is 10.5. The molecule has 0 saturated carbocycles. The molecule has 1 radical (unpaired) electrons. The number of hydrogen-bond donors (Lipinski definition) is 2. The number of nitrogens with two attached hydrogens (primary N) is 2. The highest BCUT2D eigenvalue weighted by Crippen LogP contribution is 2.18. The van der Waals surface area contributed by atoms with Gasteiger partial charge >= 0.3 is 0 Å². The van der Waals surface area contributed by atoms with Gasteiger partial charge in [0.1, 0.15) is 0 Å². The van der Waals surface area contributed by atoms with E-state index in [0.717, 1.165) is 25.7 Å². The molecule has 0 atom stereocenters. The minimum atomic E-state index is -0.430. The van der Waals surface area contributed by atoms with Gasteiger partial charge in [-0.1, -0.05) is 27.7 Å². The van der Waals surface area contributed by atoms with Gasteiger partial charge in [-0.3, -0.25) is 0 Å². The van der Waals surface area contributed by atoms with Gasteiger partial charge in [0.15, 0.2) is 0 Å². The third-order valence-corrected chi connectivity index (χ3v) is 2.89. The topological polar surface area (TPSA) is 66.1 Å². The lowest BCUT2D eigenvalue weighted by molar-refractivity contribution is 0.178. The minimum absolute atomic E-state index is 0.430. The molecule has 0 aliphatic carbocycles. The zero-order valence-electron chi connectivity index (χ0n) is 9.43. The predicted molar refractivity (Wildman–Crippen MR) is 57.1 cm³/mol. The summed E-state index contributed by atoms with van der Waals surface area (Å²) in [4.78, 5) is 0. The summed E-state index contributed by atoms with van der Waals surface area (Å²) >= 11 is 0. The maximum absolute atomic E-state index is 6.09. The quantitative estimate of drug-likeness (QED) is 0.661. The molecule has 0 aliphatic heterocycles. The molecule has 0 fully saturated rings. The summed E-state index contributed by atoms with van der Waals surface area (Å²) in [5.74, 6) is 0. The fraction of sp³-hybridized carbons (Fsp3) is 1.00. The summed E-state index contributed by atoms with van der Waals surface area (Å²) in [6.45, 7) is 8.22. The van der Waals surface area contributed by atoms with E-state index in [4.69, 9.17) is 11.5 Å². The second-order valence-electron chi connectivity index (χ2n) is 3.73. The van der Waals surface area contributed by atoms with E-state index in [1.54, 1.807) is 0 Å². The predicted octanol–water partition coefficient (Wildman–Crippen LogP) is 1.54. The summed E-state index contributed by atoms with van der Waals surface area (Å²) in [6.07, 6.45) is 3.40. The lowest BCUT2D eigenvalue weighted by atomic mass is 9.98. The van der Waals surface area contributed by atoms with E-state index in [1.165, 1.54) is 0 Å². The molecule has 0 aliphatic rings. The van der Waals surface area contributed by atoms with Crippen molar-refractivity contribution in [2.24, 2.45) is 11.5 Å². The largest absolute Gasteiger partial charge is 0.312 e. The number of rotatable bonds is 6. The normalized spacial score (nSPS) is 13.4. The first kappa shape index (κ1) is 12.9. The van der Waals surface area contributed by atoms with Gasteiger partial charge in [0, 0.05) is 0 Å². The average Bonchev–Trinajstić information content (AvgIpc) is 2.17. The second-order valence-corrected chi connectivity index (χ2v) is 3.73. The van der Waals surface area contributed by atoms with E-state index in [-0.39, 0.29) is 0 Å². The van der Waals surface area contributed by atoms with E-state index in [2.05, 4.69) is 33.0 Å². The van der Waals surface area contributed by atoms with E-state index in [9.17, 15) is 0 Å². The third kappa shape index (κ3) is 3.63. The molecule has 13 heavy (non-hydrogen) atoms. The number of hydrogen-bond acceptors (Lipinski definition) is 2. The van der Waals surface area contributed by atoms with Crippen molar-refractivity contribution in [2.75, 3.05) is 0 Å². The summed E-state index contributed by atoms with van der Waals surface area (Å²) < 4.78 is 0. The summed E-state index contributed by atoms with van der Waals surface area (Å²) in [5, 5.41) is 4.57. The Balaban J connectivity index is 4.36. The third-order valence-electron chi connectivity index (χ3n) is 2.89. The van der Waals surface area contributed by atoms with Crippen LogP contribution >= 0.6 is 0 Å². The fourth-order valence-corrected chi connectivity index (χ4v) is 1.26. The van der Waals surface area contributed by atoms with Gasteiger partial charge < -0.3 is 11.5 Å². The average molecular weight is 186 g/mol.